The minimum Gasteiger partial charge on any atom is -0.375 e. The number of carbonyl (C=O) groups excluding carboxylic acids is 1. The molecule has 1 aliphatic rings. The molecule has 8 heteroatoms. The van der Waals surface area contributed by atoms with Gasteiger partial charge in [-0.05, 0) is 38.0 Å². The number of aryl methyl sites for hydroxylation is 1. The van der Waals surface area contributed by atoms with E-state index >= 15 is 0 Å². The summed E-state index contributed by atoms with van der Waals surface area (Å²) in [5, 5.41) is 0. The molecule has 0 unspecified atom stereocenters. The molecule has 2 aromatic rings. The van der Waals surface area contributed by atoms with Crippen molar-refractivity contribution < 1.29 is 22.7 Å². The van der Waals surface area contributed by atoms with E-state index in [4.69, 9.17) is 4.74 Å². The van der Waals surface area contributed by atoms with Crippen molar-refractivity contribution in [2.24, 2.45) is 0 Å². The van der Waals surface area contributed by atoms with E-state index in [1.807, 2.05) is 4.57 Å². The van der Waals surface area contributed by atoms with Crippen LogP contribution in [0.2, 0.25) is 0 Å². The molecule has 5 nitrogen and oxygen atoms in total. The van der Waals surface area contributed by atoms with Crippen molar-refractivity contribution in [1.82, 2.24) is 14.5 Å². The summed E-state index contributed by atoms with van der Waals surface area (Å²) in [5.41, 5.74) is 0.363. The number of likely N-dealkylation sites (tertiary alicyclic amines) is 1. The van der Waals surface area contributed by atoms with Gasteiger partial charge < -0.3 is 14.2 Å². The van der Waals surface area contributed by atoms with Crippen LogP contribution in [0.5, 0.6) is 0 Å². The number of nitrogens with zero attached hydrogens (tertiary/aromatic N) is 3. The summed E-state index contributed by atoms with van der Waals surface area (Å²) in [6.07, 6.45) is -2.90. The number of alkyl halides is 3. The molecular formula is C17H20F3N3O2. The SMILES string of the molecule is COCC(=O)N1CCC(n2c(C)nc3cc(C(F)(F)F)ccc32)CC1. The molecule has 0 radical (unpaired) electrons. The number of piperidine rings is 1. The molecule has 1 fully saturated rings. The van der Waals surface area contributed by atoms with Crippen LogP contribution in [0, 0.1) is 6.92 Å². The molecule has 0 N–H and O–H groups in total. The van der Waals surface area contributed by atoms with Gasteiger partial charge in [-0.2, -0.15) is 13.2 Å². The molecule has 0 spiro atoms. The van der Waals surface area contributed by atoms with E-state index in [9.17, 15) is 18.0 Å². The van der Waals surface area contributed by atoms with Gasteiger partial charge >= 0.3 is 6.18 Å². The third kappa shape index (κ3) is 3.49. The number of ether oxygens (including phenoxy) is 1. The van der Waals surface area contributed by atoms with Crippen molar-refractivity contribution in [3.8, 4) is 0 Å². The largest absolute Gasteiger partial charge is 0.416 e. The molecule has 0 aliphatic carbocycles. The fourth-order valence-corrected chi connectivity index (χ4v) is 3.44. The van der Waals surface area contributed by atoms with Crippen LogP contribution in [0.4, 0.5) is 13.2 Å². The summed E-state index contributed by atoms with van der Waals surface area (Å²) in [7, 11) is 1.49. The number of hydrogen-bond donors (Lipinski definition) is 0. The second-order valence-corrected chi connectivity index (χ2v) is 6.28. The van der Waals surface area contributed by atoms with E-state index < -0.39 is 11.7 Å². The third-order valence-corrected chi connectivity index (χ3v) is 4.64. The van der Waals surface area contributed by atoms with Crippen LogP contribution in [0.3, 0.4) is 0 Å². The highest BCUT2D eigenvalue weighted by atomic mass is 19.4. The molecule has 1 aromatic heterocycles. The van der Waals surface area contributed by atoms with Crippen molar-refractivity contribution in [2.75, 3.05) is 26.8 Å². The Morgan fingerprint density at radius 2 is 2.00 bits per heavy atom. The average Bonchev–Trinajstić information content (AvgIpc) is 2.89. The quantitative estimate of drug-likeness (QED) is 0.850. The number of rotatable bonds is 3. The summed E-state index contributed by atoms with van der Waals surface area (Å²) in [6.45, 7) is 3.08. The zero-order valence-electron chi connectivity index (χ0n) is 14.1. The van der Waals surface area contributed by atoms with Crippen molar-refractivity contribution in [3.05, 3.63) is 29.6 Å². The van der Waals surface area contributed by atoms with Gasteiger partial charge in [0.15, 0.2) is 0 Å². The summed E-state index contributed by atoms with van der Waals surface area (Å²) >= 11 is 0. The van der Waals surface area contributed by atoms with Gasteiger partial charge in [-0.1, -0.05) is 0 Å². The molecule has 1 saturated heterocycles. The lowest BCUT2D eigenvalue weighted by atomic mass is 10.0. The summed E-state index contributed by atoms with van der Waals surface area (Å²) in [6, 6.07) is 3.79. The summed E-state index contributed by atoms with van der Waals surface area (Å²) in [4.78, 5) is 17.9. The van der Waals surface area contributed by atoms with E-state index in [1.165, 1.54) is 13.2 Å². The highest BCUT2D eigenvalue weighted by Gasteiger charge is 2.32. The predicted molar refractivity (Wildman–Crippen MR) is 86.2 cm³/mol. The summed E-state index contributed by atoms with van der Waals surface area (Å²) < 4.78 is 45.5. The van der Waals surface area contributed by atoms with Gasteiger partial charge in [-0.15, -0.1) is 0 Å². The van der Waals surface area contributed by atoms with E-state index in [0.29, 0.717) is 29.9 Å². The van der Waals surface area contributed by atoms with Gasteiger partial charge in [0.25, 0.3) is 0 Å². The number of fused-ring (bicyclic) bond motifs is 1. The van der Waals surface area contributed by atoms with Gasteiger partial charge in [-0.3, -0.25) is 4.79 Å². The Bertz CT molecular complexity index is 777. The first-order chi connectivity index (χ1) is 11.8. The molecule has 2 heterocycles. The van der Waals surface area contributed by atoms with Crippen LogP contribution in [-0.2, 0) is 15.7 Å². The third-order valence-electron chi connectivity index (χ3n) is 4.64. The molecule has 0 bridgehead atoms. The standard InChI is InChI=1S/C17H20F3N3O2/c1-11-21-14-9-12(17(18,19)20)3-4-15(14)23(11)13-5-7-22(8-6-13)16(24)10-25-2/h3-4,9,13H,5-8,10H2,1-2H3. The van der Waals surface area contributed by atoms with E-state index in [1.54, 1.807) is 11.8 Å². The Hall–Kier alpha value is -2.09. The Morgan fingerprint density at radius 1 is 1.32 bits per heavy atom. The minimum absolute atomic E-state index is 0.0389. The molecule has 1 aliphatic heterocycles. The molecule has 1 aromatic carbocycles. The lowest BCUT2D eigenvalue weighted by molar-refractivity contribution is -0.137. The van der Waals surface area contributed by atoms with Crippen molar-refractivity contribution in [1.29, 1.82) is 0 Å². The predicted octanol–water partition coefficient (Wildman–Crippen LogP) is 3.17. The first kappa shape index (κ1) is 17.7. The molecule has 136 valence electrons. The van der Waals surface area contributed by atoms with Crippen molar-refractivity contribution in [3.63, 3.8) is 0 Å². The monoisotopic (exact) mass is 355 g/mol. The van der Waals surface area contributed by atoms with Crippen LogP contribution >= 0.6 is 0 Å². The van der Waals surface area contributed by atoms with Crippen LogP contribution in [0.25, 0.3) is 11.0 Å². The Labute approximate surface area is 143 Å². The number of benzene rings is 1. The molecule has 3 rings (SSSR count). The highest BCUT2D eigenvalue weighted by Crippen LogP contribution is 2.34. The van der Waals surface area contributed by atoms with Crippen LogP contribution in [0.15, 0.2) is 18.2 Å². The first-order valence-corrected chi connectivity index (χ1v) is 8.13. The normalized spacial score (nSPS) is 16.6. The second kappa shape index (κ2) is 6.67. The number of hydrogen-bond acceptors (Lipinski definition) is 3. The fraction of sp³-hybridized carbons (Fsp3) is 0.529. The van der Waals surface area contributed by atoms with Gasteiger partial charge in [0.05, 0.1) is 16.6 Å². The van der Waals surface area contributed by atoms with Gasteiger partial charge in [0.1, 0.15) is 12.4 Å². The van der Waals surface area contributed by atoms with Gasteiger partial charge in [-0.25, -0.2) is 4.98 Å². The number of imidazole rings is 1. The first-order valence-electron chi connectivity index (χ1n) is 8.13. The zero-order valence-corrected chi connectivity index (χ0v) is 14.1. The van der Waals surface area contributed by atoms with E-state index in [2.05, 4.69) is 4.98 Å². The molecular weight excluding hydrogens is 335 g/mol. The smallest absolute Gasteiger partial charge is 0.375 e. The summed E-state index contributed by atoms with van der Waals surface area (Å²) in [5.74, 6) is 0.652. The maximum Gasteiger partial charge on any atom is 0.416 e. The van der Waals surface area contributed by atoms with Crippen LogP contribution < -0.4 is 0 Å². The number of aromatic nitrogens is 2. The van der Waals surface area contributed by atoms with E-state index in [-0.39, 0.29) is 18.6 Å². The topological polar surface area (TPSA) is 47.4 Å². The highest BCUT2D eigenvalue weighted by molar-refractivity contribution is 5.78. The number of methoxy groups -OCH3 is 1. The second-order valence-electron chi connectivity index (χ2n) is 6.28. The maximum atomic E-state index is 12.9. The van der Waals surface area contributed by atoms with Gasteiger partial charge in [0, 0.05) is 26.2 Å². The number of carbonyl (C=O) groups is 1. The number of halogens is 3. The van der Waals surface area contributed by atoms with E-state index in [0.717, 1.165) is 25.0 Å². The van der Waals surface area contributed by atoms with Crippen LogP contribution in [-0.4, -0.2) is 47.2 Å². The lowest BCUT2D eigenvalue weighted by Crippen LogP contribution is -2.40. The Morgan fingerprint density at radius 3 is 2.60 bits per heavy atom. The Kier molecular flexibility index (Phi) is 4.73. The Balaban J connectivity index is 1.83. The molecule has 0 atom stereocenters. The van der Waals surface area contributed by atoms with Crippen molar-refractivity contribution in [2.45, 2.75) is 32.0 Å². The molecule has 25 heavy (non-hydrogen) atoms. The fourth-order valence-electron chi connectivity index (χ4n) is 3.44. The zero-order chi connectivity index (χ0) is 18.2. The lowest BCUT2D eigenvalue weighted by Gasteiger charge is -2.33. The maximum absolute atomic E-state index is 12.9. The minimum atomic E-state index is -4.38. The number of amides is 1. The molecule has 1 amide bonds. The van der Waals surface area contributed by atoms with Crippen molar-refractivity contribution >= 4 is 16.9 Å². The molecule has 0 saturated carbocycles. The average molecular weight is 355 g/mol. The van der Waals surface area contributed by atoms with Crippen LogP contribution in [0.1, 0.15) is 30.3 Å². The van der Waals surface area contributed by atoms with Gasteiger partial charge in [0.2, 0.25) is 5.91 Å².